The number of aromatic nitrogens is 2. The summed E-state index contributed by atoms with van der Waals surface area (Å²) in [5.74, 6) is 1.38. The van der Waals surface area contributed by atoms with E-state index < -0.39 is 0 Å². The van der Waals surface area contributed by atoms with Crippen LogP contribution >= 0.6 is 23.1 Å². The molecule has 0 spiro atoms. The average Bonchev–Trinajstić information content (AvgIpc) is 3.13. The van der Waals surface area contributed by atoms with Crippen LogP contribution in [0.2, 0.25) is 0 Å². The number of nitrogens with zero attached hydrogens (tertiary/aromatic N) is 2. The summed E-state index contributed by atoms with van der Waals surface area (Å²) in [6.45, 7) is 2.28. The van der Waals surface area contributed by atoms with E-state index in [4.69, 9.17) is 9.15 Å². The van der Waals surface area contributed by atoms with Crippen LogP contribution < -0.4 is 0 Å². The van der Waals surface area contributed by atoms with Crippen LogP contribution in [0.4, 0.5) is 0 Å². The van der Waals surface area contributed by atoms with Crippen molar-refractivity contribution in [2.24, 2.45) is 0 Å². The molecule has 2 aromatic rings. The highest BCUT2D eigenvalue weighted by Gasteiger charge is 2.09. The number of carbonyl (C=O) groups is 1. The van der Waals surface area contributed by atoms with E-state index in [9.17, 15) is 4.79 Å². The van der Waals surface area contributed by atoms with Gasteiger partial charge < -0.3 is 9.15 Å². The Balaban J connectivity index is 1.60. The molecular formula is C14H18N2O3S2. The molecule has 0 N–H and O–H groups in total. The second kappa shape index (κ2) is 8.84. The molecule has 0 saturated carbocycles. The first-order chi connectivity index (χ1) is 10.3. The van der Waals surface area contributed by atoms with E-state index in [0.29, 0.717) is 24.1 Å². The van der Waals surface area contributed by atoms with Gasteiger partial charge in [0.15, 0.2) is 0 Å². The van der Waals surface area contributed by atoms with E-state index in [-0.39, 0.29) is 5.97 Å². The molecule has 0 aromatic carbocycles. The monoisotopic (exact) mass is 326 g/mol. The van der Waals surface area contributed by atoms with Crippen LogP contribution in [0.3, 0.4) is 0 Å². The molecule has 0 aliphatic rings. The molecule has 0 saturated heterocycles. The van der Waals surface area contributed by atoms with Gasteiger partial charge in [0, 0.05) is 12.2 Å². The van der Waals surface area contributed by atoms with Gasteiger partial charge in [-0.25, -0.2) is 0 Å². The van der Waals surface area contributed by atoms with Gasteiger partial charge in [-0.05, 0) is 31.2 Å². The fourth-order valence-electron chi connectivity index (χ4n) is 1.71. The summed E-state index contributed by atoms with van der Waals surface area (Å²) >= 11 is 3.14. The van der Waals surface area contributed by atoms with E-state index >= 15 is 0 Å². The molecule has 0 amide bonds. The van der Waals surface area contributed by atoms with Crippen LogP contribution in [0.25, 0.3) is 10.8 Å². The lowest BCUT2D eigenvalue weighted by atomic mass is 10.2. The van der Waals surface area contributed by atoms with E-state index in [0.717, 1.165) is 29.9 Å². The lowest BCUT2D eigenvalue weighted by molar-refractivity contribution is -0.143. The highest BCUT2D eigenvalue weighted by Crippen LogP contribution is 2.26. The Morgan fingerprint density at radius 2 is 2.29 bits per heavy atom. The summed E-state index contributed by atoms with van der Waals surface area (Å²) in [4.78, 5) is 12.1. The van der Waals surface area contributed by atoms with Crippen molar-refractivity contribution in [2.45, 2.75) is 37.8 Å². The number of carbonyl (C=O) groups excluding carboxylic acids is 1. The Morgan fingerprint density at radius 3 is 3.05 bits per heavy atom. The number of rotatable bonds is 9. The van der Waals surface area contributed by atoms with Crippen LogP contribution in [-0.2, 0) is 9.53 Å². The molecule has 114 valence electrons. The Kier molecular flexibility index (Phi) is 6.75. The minimum absolute atomic E-state index is 0.109. The first kappa shape index (κ1) is 16.0. The smallest absolute Gasteiger partial charge is 0.305 e. The molecule has 2 rings (SSSR count). The third-order valence-corrected chi connectivity index (χ3v) is 4.46. The molecule has 0 aliphatic heterocycles. The van der Waals surface area contributed by atoms with Gasteiger partial charge >= 0.3 is 5.97 Å². The molecule has 5 nitrogen and oxygen atoms in total. The first-order valence-corrected chi connectivity index (χ1v) is 8.82. The SMILES string of the molecule is CCOC(=O)CCCCCSc1nnc(-c2cccs2)o1. The topological polar surface area (TPSA) is 65.2 Å². The fraction of sp³-hybridized carbons (Fsp3) is 0.500. The van der Waals surface area contributed by atoms with Crippen molar-refractivity contribution >= 4 is 29.1 Å². The largest absolute Gasteiger partial charge is 0.466 e. The molecule has 0 aliphatic carbocycles. The lowest BCUT2D eigenvalue weighted by Crippen LogP contribution is -2.03. The maximum absolute atomic E-state index is 11.2. The number of thiophene rings is 1. The van der Waals surface area contributed by atoms with E-state index in [1.54, 1.807) is 23.1 Å². The van der Waals surface area contributed by atoms with Crippen molar-refractivity contribution in [3.05, 3.63) is 17.5 Å². The Morgan fingerprint density at radius 1 is 1.38 bits per heavy atom. The van der Waals surface area contributed by atoms with E-state index in [1.807, 2.05) is 24.4 Å². The van der Waals surface area contributed by atoms with Gasteiger partial charge in [-0.2, -0.15) is 0 Å². The van der Waals surface area contributed by atoms with Gasteiger partial charge in [0.25, 0.3) is 11.1 Å². The second-order valence-corrected chi connectivity index (χ2v) is 6.31. The van der Waals surface area contributed by atoms with Crippen LogP contribution in [-0.4, -0.2) is 28.5 Å². The molecule has 0 atom stereocenters. The Labute approximate surface area is 132 Å². The van der Waals surface area contributed by atoms with Crippen LogP contribution in [0.1, 0.15) is 32.6 Å². The molecule has 0 fully saturated rings. The molecular weight excluding hydrogens is 308 g/mol. The Hall–Kier alpha value is -1.34. The maximum Gasteiger partial charge on any atom is 0.305 e. The maximum atomic E-state index is 11.2. The normalized spacial score (nSPS) is 10.7. The molecule has 0 bridgehead atoms. The Bertz CT molecular complexity index is 540. The van der Waals surface area contributed by atoms with Crippen molar-refractivity contribution in [3.63, 3.8) is 0 Å². The van der Waals surface area contributed by atoms with Gasteiger partial charge in [0.2, 0.25) is 0 Å². The van der Waals surface area contributed by atoms with Gasteiger partial charge in [0.1, 0.15) is 0 Å². The van der Waals surface area contributed by atoms with Crippen molar-refractivity contribution in [3.8, 4) is 10.8 Å². The standard InChI is InChI=1S/C14H18N2O3S2/c1-2-18-12(17)8-4-3-5-9-21-14-16-15-13(19-14)11-7-6-10-20-11/h6-7,10H,2-5,8-9H2,1H3. The third-order valence-electron chi connectivity index (χ3n) is 2.69. The molecule has 2 aromatic heterocycles. The summed E-state index contributed by atoms with van der Waals surface area (Å²) < 4.78 is 10.5. The molecule has 21 heavy (non-hydrogen) atoms. The molecule has 7 heteroatoms. The number of hydrogen-bond acceptors (Lipinski definition) is 7. The number of thioether (sulfide) groups is 1. The molecule has 2 heterocycles. The van der Waals surface area contributed by atoms with Gasteiger partial charge in [-0.15, -0.1) is 21.5 Å². The number of ether oxygens (including phenoxy) is 1. The zero-order chi connectivity index (χ0) is 14.9. The minimum atomic E-state index is -0.109. The highest BCUT2D eigenvalue weighted by atomic mass is 32.2. The zero-order valence-corrected chi connectivity index (χ0v) is 13.5. The predicted octanol–water partition coefficient (Wildman–Crippen LogP) is 4.01. The van der Waals surface area contributed by atoms with Crippen LogP contribution in [0.15, 0.2) is 27.2 Å². The fourth-order valence-corrected chi connectivity index (χ4v) is 3.11. The van der Waals surface area contributed by atoms with Gasteiger partial charge in [-0.1, -0.05) is 24.2 Å². The second-order valence-electron chi connectivity index (χ2n) is 4.31. The summed E-state index contributed by atoms with van der Waals surface area (Å²) in [5, 5.41) is 10.6. The summed E-state index contributed by atoms with van der Waals surface area (Å²) in [6.07, 6.45) is 3.38. The number of unbranched alkanes of at least 4 members (excludes halogenated alkanes) is 2. The van der Waals surface area contributed by atoms with Crippen LogP contribution in [0, 0.1) is 0 Å². The number of hydrogen-bond donors (Lipinski definition) is 0. The van der Waals surface area contributed by atoms with Crippen molar-refractivity contribution in [1.29, 1.82) is 0 Å². The van der Waals surface area contributed by atoms with Gasteiger partial charge in [0.05, 0.1) is 11.5 Å². The zero-order valence-electron chi connectivity index (χ0n) is 11.9. The summed E-state index contributed by atoms with van der Waals surface area (Å²) in [6, 6.07) is 3.92. The lowest BCUT2D eigenvalue weighted by Gasteiger charge is -2.01. The van der Waals surface area contributed by atoms with Crippen molar-refractivity contribution in [2.75, 3.05) is 12.4 Å². The third kappa shape index (κ3) is 5.51. The van der Waals surface area contributed by atoms with Gasteiger partial charge in [-0.3, -0.25) is 4.79 Å². The predicted molar refractivity (Wildman–Crippen MR) is 83.4 cm³/mol. The molecule has 0 unspecified atom stereocenters. The highest BCUT2D eigenvalue weighted by molar-refractivity contribution is 7.99. The van der Waals surface area contributed by atoms with Crippen LogP contribution in [0.5, 0.6) is 0 Å². The van der Waals surface area contributed by atoms with Crippen molar-refractivity contribution in [1.82, 2.24) is 10.2 Å². The number of esters is 1. The van der Waals surface area contributed by atoms with E-state index in [1.165, 1.54) is 0 Å². The minimum Gasteiger partial charge on any atom is -0.466 e. The van der Waals surface area contributed by atoms with Crippen molar-refractivity contribution < 1.29 is 13.9 Å². The average molecular weight is 326 g/mol. The quantitative estimate of drug-likeness (QED) is 0.394. The molecule has 0 radical (unpaired) electrons. The summed E-state index contributed by atoms with van der Waals surface area (Å²) in [5.41, 5.74) is 0. The summed E-state index contributed by atoms with van der Waals surface area (Å²) in [7, 11) is 0. The first-order valence-electron chi connectivity index (χ1n) is 6.95. The van der Waals surface area contributed by atoms with E-state index in [2.05, 4.69) is 10.2 Å².